The topological polar surface area (TPSA) is 181 Å². The lowest BCUT2D eigenvalue weighted by molar-refractivity contribution is -0.120. The zero-order chi connectivity index (χ0) is 42.2. The number of ether oxygens (including phenoxy) is 2. The summed E-state index contributed by atoms with van der Waals surface area (Å²) in [7, 11) is 0.123. The summed E-state index contributed by atoms with van der Waals surface area (Å²) < 4.78 is 16.7. The van der Waals surface area contributed by atoms with Gasteiger partial charge in [0, 0.05) is 52.6 Å². The molecule has 1 aliphatic heterocycles. The number of hydrogen-bond donors (Lipinski definition) is 4. The van der Waals surface area contributed by atoms with E-state index in [1.54, 1.807) is 42.5 Å². The maximum atomic E-state index is 13.3. The molecule has 0 radical (unpaired) electrons. The van der Waals surface area contributed by atoms with Crippen molar-refractivity contribution in [3.8, 4) is 28.2 Å². The number of esters is 1. The molecular weight excluding hydrogens is 783 g/mol. The van der Waals surface area contributed by atoms with Crippen LogP contribution in [0.25, 0.3) is 33.4 Å². The number of phenols is 1. The predicted octanol–water partition coefficient (Wildman–Crippen LogP) is 5.62. The zero-order valence-electron chi connectivity index (χ0n) is 32.3. The molecule has 302 valence electrons. The lowest BCUT2D eigenvalue weighted by Gasteiger charge is -2.22. The van der Waals surface area contributed by atoms with Crippen LogP contribution in [0.1, 0.15) is 36.6 Å². The third-order valence-electron chi connectivity index (χ3n) is 9.66. The Morgan fingerprint density at radius 2 is 1.40 bits per heavy atom. The minimum atomic E-state index is -1.21. The summed E-state index contributed by atoms with van der Waals surface area (Å²) in [6, 6.07) is 38.1. The number of rotatable bonds is 15. The Bertz CT molecular complexity index is 2700. The van der Waals surface area contributed by atoms with Crippen LogP contribution in [0.5, 0.6) is 5.75 Å². The van der Waals surface area contributed by atoms with Gasteiger partial charge in [-0.1, -0.05) is 72.8 Å². The number of carbonyl (C=O) groups is 4. The minimum absolute atomic E-state index is 0.0532. The van der Waals surface area contributed by atoms with Gasteiger partial charge in [0.05, 0.1) is 37.9 Å². The smallest absolute Gasteiger partial charge is 0.338 e. The van der Waals surface area contributed by atoms with Crippen LogP contribution in [-0.2, 0) is 20.7 Å². The van der Waals surface area contributed by atoms with Crippen molar-refractivity contribution in [1.82, 2.24) is 10.6 Å². The molecule has 0 unspecified atom stereocenters. The SMILES string of the molecule is COC(=O)c1ccc(C(=O)NCCOCCNC(=O)Cc2ccc(-c3c4ccc(=O)cc-4oc4cc(O)ccc34)c(C(=O)O)c2)cc1P(c1ccccc1)c1ccccc1. The highest BCUT2D eigenvalue weighted by Crippen LogP contribution is 2.42. The molecule has 0 atom stereocenters. The van der Waals surface area contributed by atoms with Crippen LogP contribution in [-0.4, -0.2) is 67.4 Å². The first kappa shape index (κ1) is 41.0. The molecule has 0 aromatic heterocycles. The number of phenolic OH excluding ortho intramolecular Hbond substituents is 1. The van der Waals surface area contributed by atoms with Crippen LogP contribution in [0.15, 0.2) is 143 Å². The second-order valence-corrected chi connectivity index (χ2v) is 15.8. The van der Waals surface area contributed by atoms with Crippen LogP contribution in [0, 0.1) is 0 Å². The second-order valence-electron chi connectivity index (χ2n) is 13.6. The molecule has 0 saturated carbocycles. The number of nitrogens with one attached hydrogen (secondary N) is 2. The van der Waals surface area contributed by atoms with Gasteiger partial charge < -0.3 is 34.7 Å². The average Bonchev–Trinajstić information content (AvgIpc) is 3.25. The number of methoxy groups -OCH3 is 1. The van der Waals surface area contributed by atoms with Crippen molar-refractivity contribution in [2.24, 2.45) is 0 Å². The van der Waals surface area contributed by atoms with E-state index < -0.39 is 19.9 Å². The fourth-order valence-corrected chi connectivity index (χ4v) is 9.39. The highest BCUT2D eigenvalue weighted by atomic mass is 31.1. The van der Waals surface area contributed by atoms with E-state index >= 15 is 0 Å². The zero-order valence-corrected chi connectivity index (χ0v) is 33.2. The molecule has 0 fully saturated rings. The van der Waals surface area contributed by atoms with Crippen LogP contribution in [0.2, 0.25) is 0 Å². The Labute approximate surface area is 345 Å². The van der Waals surface area contributed by atoms with Gasteiger partial charge in [0.2, 0.25) is 5.91 Å². The van der Waals surface area contributed by atoms with Gasteiger partial charge in [0.1, 0.15) is 17.1 Å². The van der Waals surface area contributed by atoms with Crippen LogP contribution >= 0.6 is 7.92 Å². The fourth-order valence-electron chi connectivity index (χ4n) is 6.92. The molecule has 60 heavy (non-hydrogen) atoms. The van der Waals surface area contributed by atoms with E-state index in [1.807, 2.05) is 60.7 Å². The van der Waals surface area contributed by atoms with Gasteiger partial charge in [-0.3, -0.25) is 14.4 Å². The Hall–Kier alpha value is -7.14. The molecule has 2 amide bonds. The molecule has 2 aliphatic rings. The van der Waals surface area contributed by atoms with Gasteiger partial charge in [-0.2, -0.15) is 0 Å². The van der Waals surface area contributed by atoms with Crippen molar-refractivity contribution >= 4 is 58.6 Å². The lowest BCUT2D eigenvalue weighted by Crippen LogP contribution is -2.32. The first-order chi connectivity index (χ1) is 29.1. The van der Waals surface area contributed by atoms with Crippen molar-refractivity contribution < 1.29 is 43.3 Å². The van der Waals surface area contributed by atoms with E-state index in [0.717, 1.165) is 10.6 Å². The van der Waals surface area contributed by atoms with Gasteiger partial charge >= 0.3 is 11.9 Å². The van der Waals surface area contributed by atoms with E-state index in [2.05, 4.69) is 10.6 Å². The number of hydrogen-bond acceptors (Lipinski definition) is 9. The summed E-state index contributed by atoms with van der Waals surface area (Å²) in [5.74, 6) is -2.21. The number of carbonyl (C=O) groups excluding carboxylic acids is 3. The molecule has 5 aromatic carbocycles. The van der Waals surface area contributed by atoms with E-state index in [0.29, 0.717) is 44.1 Å². The molecule has 1 aliphatic carbocycles. The van der Waals surface area contributed by atoms with E-state index in [4.69, 9.17) is 13.9 Å². The van der Waals surface area contributed by atoms with Crippen molar-refractivity contribution in [2.75, 3.05) is 33.4 Å². The molecule has 7 rings (SSSR count). The first-order valence-corrected chi connectivity index (χ1v) is 20.3. The lowest BCUT2D eigenvalue weighted by atomic mass is 9.89. The van der Waals surface area contributed by atoms with E-state index in [9.17, 15) is 34.2 Å². The third kappa shape index (κ3) is 9.26. The number of carboxylic acids is 1. The van der Waals surface area contributed by atoms with Gasteiger partial charge in [-0.15, -0.1) is 0 Å². The van der Waals surface area contributed by atoms with Crippen molar-refractivity contribution in [3.05, 3.63) is 166 Å². The maximum Gasteiger partial charge on any atom is 0.338 e. The van der Waals surface area contributed by atoms with Crippen LogP contribution < -0.4 is 32.0 Å². The third-order valence-corrected chi connectivity index (χ3v) is 12.1. The standard InChI is InChI=1S/C47H39N2O10P/c1-57-47(56)38-17-13-30(26-42(38)60(33-8-4-2-5-9-33)34-10-6-3-7-11-34)45(53)49-21-23-58-22-20-48-43(52)25-29-12-16-35(39(24-29)46(54)55)44-36-18-14-31(50)27-40(36)59-41-28-32(51)15-19-37(41)44/h2-19,24,26-28,50H,20-23,25H2,1H3,(H,48,52)(H,49,53)(H,54,55). The highest BCUT2D eigenvalue weighted by Gasteiger charge is 2.25. The van der Waals surface area contributed by atoms with Crippen molar-refractivity contribution in [3.63, 3.8) is 0 Å². The van der Waals surface area contributed by atoms with Crippen LogP contribution in [0.4, 0.5) is 0 Å². The quantitative estimate of drug-likeness (QED) is 0.0439. The van der Waals surface area contributed by atoms with Gasteiger partial charge in [-0.25, -0.2) is 9.59 Å². The van der Waals surface area contributed by atoms with E-state index in [1.165, 1.54) is 37.4 Å². The predicted molar refractivity (Wildman–Crippen MR) is 230 cm³/mol. The van der Waals surface area contributed by atoms with Crippen molar-refractivity contribution in [1.29, 1.82) is 0 Å². The molecule has 12 nitrogen and oxygen atoms in total. The van der Waals surface area contributed by atoms with Gasteiger partial charge in [-0.05, 0) is 78.2 Å². The molecule has 0 bridgehead atoms. The summed E-state index contributed by atoms with van der Waals surface area (Å²) in [4.78, 5) is 63.8. The number of fused-ring (bicyclic) bond motifs is 2. The maximum absolute atomic E-state index is 13.3. The normalized spacial score (nSPS) is 11.1. The van der Waals surface area contributed by atoms with Gasteiger partial charge in [0.15, 0.2) is 5.43 Å². The molecule has 13 heteroatoms. The Morgan fingerprint density at radius 1 is 0.717 bits per heavy atom. The molecule has 4 N–H and O–H groups in total. The van der Waals surface area contributed by atoms with E-state index in [-0.39, 0.29) is 72.6 Å². The van der Waals surface area contributed by atoms with Crippen molar-refractivity contribution in [2.45, 2.75) is 6.42 Å². The highest BCUT2D eigenvalue weighted by molar-refractivity contribution is 7.80. The molecule has 0 saturated heterocycles. The monoisotopic (exact) mass is 822 g/mol. The Morgan fingerprint density at radius 3 is 2.08 bits per heavy atom. The number of benzene rings is 6. The molecule has 1 heterocycles. The summed E-state index contributed by atoms with van der Waals surface area (Å²) in [5.41, 5.74) is 2.53. The molecular formula is C47H39N2O10P. The second kappa shape index (κ2) is 18.6. The summed E-state index contributed by atoms with van der Waals surface area (Å²) >= 11 is 0. The number of aromatic carboxylic acids is 1. The number of carboxylic acid groups (broad SMARTS) is 1. The number of amides is 2. The minimum Gasteiger partial charge on any atom is -0.508 e. The van der Waals surface area contributed by atoms with Crippen LogP contribution in [0.3, 0.4) is 0 Å². The number of aromatic hydroxyl groups is 1. The average molecular weight is 823 g/mol. The first-order valence-electron chi connectivity index (χ1n) is 18.9. The Balaban J connectivity index is 0.950. The summed E-state index contributed by atoms with van der Waals surface area (Å²) in [6.45, 7) is 0.704. The summed E-state index contributed by atoms with van der Waals surface area (Å²) in [5, 5.41) is 29.2. The summed E-state index contributed by atoms with van der Waals surface area (Å²) in [6.07, 6.45) is -0.0941. The molecule has 5 aromatic rings. The fraction of sp³-hybridized carbons (Fsp3) is 0.128. The molecule has 0 spiro atoms. The largest absolute Gasteiger partial charge is 0.508 e. The van der Waals surface area contributed by atoms with Gasteiger partial charge in [0.25, 0.3) is 5.91 Å². The Kier molecular flexibility index (Phi) is 12.7.